The maximum atomic E-state index is 5.57. The van der Waals surface area contributed by atoms with Crippen LogP contribution < -0.4 is 10.6 Å². The Kier molecular flexibility index (Phi) is 10.4. The van der Waals surface area contributed by atoms with Crippen molar-refractivity contribution in [3.05, 3.63) is 21.9 Å². The second-order valence-corrected chi connectivity index (χ2v) is 10.1. The van der Waals surface area contributed by atoms with E-state index in [1.165, 1.54) is 27.7 Å². The first-order valence-corrected chi connectivity index (χ1v) is 12.1. The lowest BCUT2D eigenvalue weighted by molar-refractivity contribution is -0.0104. The van der Waals surface area contributed by atoms with Crippen molar-refractivity contribution in [1.29, 1.82) is 0 Å². The minimum absolute atomic E-state index is 0. The highest BCUT2D eigenvalue weighted by molar-refractivity contribution is 14.0. The van der Waals surface area contributed by atoms with Crippen LogP contribution in [0.4, 0.5) is 0 Å². The van der Waals surface area contributed by atoms with Gasteiger partial charge in [0.1, 0.15) is 0 Å². The summed E-state index contributed by atoms with van der Waals surface area (Å²) in [5.74, 6) is 3.37. The summed E-state index contributed by atoms with van der Waals surface area (Å²) in [6.45, 7) is 12.1. The van der Waals surface area contributed by atoms with Gasteiger partial charge in [0, 0.05) is 47.6 Å². The molecule has 5 nitrogen and oxygen atoms in total. The van der Waals surface area contributed by atoms with Crippen molar-refractivity contribution in [3.63, 3.8) is 0 Å². The second-order valence-electron chi connectivity index (χ2n) is 7.58. The van der Waals surface area contributed by atoms with Gasteiger partial charge in [0.15, 0.2) is 5.96 Å². The molecular formula is C20H35IN4OS2. The largest absolute Gasteiger partial charge is 0.379 e. The number of nitrogens with zero attached hydrogens (tertiary/aromatic N) is 2. The Labute approximate surface area is 195 Å². The van der Waals surface area contributed by atoms with E-state index in [0.717, 1.165) is 51.8 Å². The maximum absolute atomic E-state index is 5.57. The summed E-state index contributed by atoms with van der Waals surface area (Å²) in [6, 6.07) is 4.81. The SMILES string of the molecule is CCNC(=NCC1(N2CCOCC2)CCSC1)NC(C)Cc1ccc(C)s1.I. The van der Waals surface area contributed by atoms with Crippen molar-refractivity contribution >= 4 is 53.0 Å². The van der Waals surface area contributed by atoms with Gasteiger partial charge in [0.25, 0.3) is 0 Å². The molecular weight excluding hydrogens is 503 g/mol. The summed E-state index contributed by atoms with van der Waals surface area (Å²) in [5, 5.41) is 7.06. The Hall–Kier alpha value is -0.0300. The molecule has 2 unspecified atom stereocenters. The lowest BCUT2D eigenvalue weighted by Gasteiger charge is -2.42. The molecule has 0 bridgehead atoms. The molecule has 1 aromatic heterocycles. The summed E-state index contributed by atoms with van der Waals surface area (Å²) in [5.41, 5.74) is 0.199. The number of halogens is 1. The van der Waals surface area contributed by atoms with Gasteiger partial charge >= 0.3 is 0 Å². The summed E-state index contributed by atoms with van der Waals surface area (Å²) >= 11 is 3.95. The third-order valence-electron chi connectivity index (χ3n) is 5.33. The van der Waals surface area contributed by atoms with Crippen molar-refractivity contribution in [2.75, 3.05) is 50.9 Å². The maximum Gasteiger partial charge on any atom is 0.191 e. The molecule has 0 aliphatic carbocycles. The number of hydrogen-bond donors (Lipinski definition) is 2. The quantitative estimate of drug-likeness (QED) is 0.317. The fourth-order valence-electron chi connectivity index (χ4n) is 3.84. The fourth-order valence-corrected chi connectivity index (χ4v) is 6.32. The number of aryl methyl sites for hydroxylation is 1. The van der Waals surface area contributed by atoms with Crippen LogP contribution in [0.1, 0.15) is 30.0 Å². The highest BCUT2D eigenvalue weighted by atomic mass is 127. The van der Waals surface area contributed by atoms with Gasteiger partial charge in [0.2, 0.25) is 0 Å². The van der Waals surface area contributed by atoms with Gasteiger partial charge in [-0.2, -0.15) is 11.8 Å². The molecule has 1 aromatic rings. The molecule has 2 aliphatic rings. The molecule has 2 saturated heterocycles. The molecule has 0 radical (unpaired) electrons. The number of aliphatic imine (C=N–C) groups is 1. The van der Waals surface area contributed by atoms with E-state index in [1.54, 1.807) is 0 Å². The van der Waals surface area contributed by atoms with Crippen LogP contribution in [0.15, 0.2) is 17.1 Å². The van der Waals surface area contributed by atoms with Crippen molar-refractivity contribution in [2.24, 2.45) is 4.99 Å². The standard InChI is InChI=1S/C20H34N4OS2.HI/c1-4-21-19(23-16(2)13-18-6-5-17(3)27-18)22-14-20(7-12-26-15-20)24-8-10-25-11-9-24;/h5-6,16H,4,7-15H2,1-3H3,(H2,21,22,23);1H. The number of guanidine groups is 1. The summed E-state index contributed by atoms with van der Waals surface area (Å²) in [7, 11) is 0. The van der Waals surface area contributed by atoms with Crippen molar-refractivity contribution in [1.82, 2.24) is 15.5 Å². The van der Waals surface area contributed by atoms with Crippen molar-refractivity contribution < 1.29 is 4.74 Å². The fraction of sp³-hybridized carbons (Fsp3) is 0.750. The summed E-state index contributed by atoms with van der Waals surface area (Å²) in [6.07, 6.45) is 2.26. The minimum Gasteiger partial charge on any atom is -0.379 e. The van der Waals surface area contributed by atoms with Crippen LogP contribution in [0.25, 0.3) is 0 Å². The van der Waals surface area contributed by atoms with Crippen LogP contribution in [-0.4, -0.2) is 73.3 Å². The topological polar surface area (TPSA) is 48.9 Å². The normalized spacial score (nSPS) is 24.6. The van der Waals surface area contributed by atoms with E-state index in [0.29, 0.717) is 6.04 Å². The van der Waals surface area contributed by atoms with Crippen LogP contribution in [-0.2, 0) is 11.2 Å². The van der Waals surface area contributed by atoms with Gasteiger partial charge in [-0.25, -0.2) is 0 Å². The number of rotatable bonds is 7. The molecule has 160 valence electrons. The zero-order chi connectivity index (χ0) is 19.1. The molecule has 0 aromatic carbocycles. The highest BCUT2D eigenvalue weighted by Crippen LogP contribution is 2.34. The zero-order valence-electron chi connectivity index (χ0n) is 17.3. The molecule has 2 aliphatic heterocycles. The zero-order valence-corrected chi connectivity index (χ0v) is 21.3. The Balaban J connectivity index is 0.00000280. The number of thioether (sulfide) groups is 1. The second kappa shape index (κ2) is 12.0. The molecule has 28 heavy (non-hydrogen) atoms. The number of hydrogen-bond acceptors (Lipinski definition) is 5. The lowest BCUT2D eigenvalue weighted by atomic mass is 9.96. The average molecular weight is 539 g/mol. The first kappa shape index (κ1) is 24.2. The Bertz CT molecular complexity index is 613. The van der Waals surface area contributed by atoms with E-state index in [-0.39, 0.29) is 29.5 Å². The Morgan fingerprint density at radius 2 is 2.14 bits per heavy atom. The van der Waals surface area contributed by atoms with Crippen LogP contribution in [0.2, 0.25) is 0 Å². The minimum atomic E-state index is 0. The monoisotopic (exact) mass is 538 g/mol. The van der Waals surface area contributed by atoms with Gasteiger partial charge in [-0.15, -0.1) is 35.3 Å². The Morgan fingerprint density at radius 3 is 2.75 bits per heavy atom. The molecule has 3 heterocycles. The molecule has 0 saturated carbocycles. The van der Waals surface area contributed by atoms with Gasteiger partial charge in [-0.3, -0.25) is 9.89 Å². The van der Waals surface area contributed by atoms with Gasteiger partial charge in [-0.05, 0) is 45.1 Å². The van der Waals surface area contributed by atoms with Crippen LogP contribution in [0.5, 0.6) is 0 Å². The summed E-state index contributed by atoms with van der Waals surface area (Å²) in [4.78, 5) is 10.5. The third-order valence-corrected chi connectivity index (χ3v) is 7.58. The third kappa shape index (κ3) is 6.75. The summed E-state index contributed by atoms with van der Waals surface area (Å²) < 4.78 is 5.57. The van der Waals surface area contributed by atoms with Gasteiger partial charge < -0.3 is 15.4 Å². The first-order valence-electron chi connectivity index (χ1n) is 10.1. The molecule has 2 fully saturated rings. The average Bonchev–Trinajstić information content (AvgIpc) is 3.30. The van der Waals surface area contributed by atoms with Crippen molar-refractivity contribution in [2.45, 2.75) is 45.2 Å². The number of ether oxygens (including phenoxy) is 1. The van der Waals surface area contributed by atoms with E-state index in [2.05, 4.69) is 60.2 Å². The van der Waals surface area contributed by atoms with Gasteiger partial charge in [0.05, 0.1) is 25.3 Å². The molecule has 2 N–H and O–H groups in total. The molecule has 8 heteroatoms. The highest BCUT2D eigenvalue weighted by Gasteiger charge is 2.40. The first-order chi connectivity index (χ1) is 13.1. The van der Waals surface area contributed by atoms with E-state index in [1.807, 2.05) is 11.3 Å². The molecule has 3 rings (SSSR count). The van der Waals surface area contributed by atoms with Crippen LogP contribution in [0.3, 0.4) is 0 Å². The molecule has 0 amide bonds. The predicted octanol–water partition coefficient (Wildman–Crippen LogP) is 3.37. The number of morpholine rings is 1. The smallest absolute Gasteiger partial charge is 0.191 e. The van der Waals surface area contributed by atoms with E-state index in [9.17, 15) is 0 Å². The molecule has 2 atom stereocenters. The van der Waals surface area contributed by atoms with Crippen molar-refractivity contribution in [3.8, 4) is 0 Å². The molecule has 0 spiro atoms. The van der Waals surface area contributed by atoms with Crippen LogP contribution >= 0.6 is 47.1 Å². The predicted molar refractivity (Wildman–Crippen MR) is 134 cm³/mol. The lowest BCUT2D eigenvalue weighted by Crippen LogP contribution is -2.56. The van der Waals surface area contributed by atoms with E-state index in [4.69, 9.17) is 9.73 Å². The number of thiophene rings is 1. The number of nitrogens with one attached hydrogen (secondary N) is 2. The Morgan fingerprint density at radius 1 is 1.36 bits per heavy atom. The van der Waals surface area contributed by atoms with E-state index >= 15 is 0 Å². The van der Waals surface area contributed by atoms with E-state index < -0.39 is 0 Å². The van der Waals surface area contributed by atoms with Gasteiger partial charge in [-0.1, -0.05) is 0 Å². The van der Waals surface area contributed by atoms with Crippen LogP contribution in [0, 0.1) is 6.92 Å².